The molecule has 132 valence electrons. The molecule has 0 aliphatic heterocycles. The van der Waals surface area contributed by atoms with Gasteiger partial charge in [0.15, 0.2) is 5.82 Å². The monoisotopic (exact) mass is 394 g/mol. The molecule has 0 amide bonds. The minimum atomic E-state index is 0.472. The van der Waals surface area contributed by atoms with Gasteiger partial charge in [-0.3, -0.25) is 4.57 Å². The minimum Gasteiger partial charge on any atom is -0.448 e. The van der Waals surface area contributed by atoms with E-state index in [1.54, 1.807) is 24.7 Å². The number of rotatable bonds is 3. The summed E-state index contributed by atoms with van der Waals surface area (Å²) >= 11 is 12.2. The largest absolute Gasteiger partial charge is 0.448 e. The van der Waals surface area contributed by atoms with E-state index in [2.05, 4.69) is 10.3 Å². The number of nitrogens with zero attached hydrogens (tertiary/aromatic N) is 3. The molecule has 0 fully saturated rings. The van der Waals surface area contributed by atoms with Crippen molar-refractivity contribution in [3.8, 4) is 5.88 Å². The van der Waals surface area contributed by atoms with Gasteiger partial charge in [-0.25, -0.2) is 9.97 Å². The summed E-state index contributed by atoms with van der Waals surface area (Å²) in [5.41, 5.74) is 3.27. The average molecular weight is 395 g/mol. The predicted octanol–water partition coefficient (Wildman–Crippen LogP) is 6.22. The van der Waals surface area contributed by atoms with E-state index in [4.69, 9.17) is 32.6 Å². The average Bonchev–Trinajstić information content (AvgIpc) is 3.34. The van der Waals surface area contributed by atoms with Crippen LogP contribution in [0.4, 0.5) is 11.5 Å². The molecule has 0 saturated carbocycles. The second-order valence-electron chi connectivity index (χ2n) is 5.99. The summed E-state index contributed by atoms with van der Waals surface area (Å²) < 4.78 is 7.49. The number of nitrogens with one attached hydrogen (secondary N) is 1. The number of anilines is 2. The van der Waals surface area contributed by atoms with Crippen LogP contribution in [0.15, 0.2) is 71.6 Å². The van der Waals surface area contributed by atoms with E-state index in [0.29, 0.717) is 21.7 Å². The van der Waals surface area contributed by atoms with Gasteiger partial charge in [-0.1, -0.05) is 41.4 Å². The lowest BCUT2D eigenvalue weighted by atomic mass is 10.2. The first-order valence-corrected chi connectivity index (χ1v) is 8.98. The number of benzene rings is 2. The number of fused-ring (bicyclic) bond motifs is 3. The van der Waals surface area contributed by atoms with Crippen molar-refractivity contribution in [1.29, 1.82) is 0 Å². The van der Waals surface area contributed by atoms with Gasteiger partial charge in [-0.15, -0.1) is 0 Å². The van der Waals surface area contributed by atoms with Gasteiger partial charge in [-0.05, 0) is 30.3 Å². The molecule has 2 aromatic carbocycles. The maximum atomic E-state index is 6.14. The van der Waals surface area contributed by atoms with Gasteiger partial charge in [0, 0.05) is 17.1 Å². The lowest BCUT2D eigenvalue weighted by molar-refractivity contribution is 0.542. The van der Waals surface area contributed by atoms with E-state index in [0.717, 1.165) is 27.6 Å². The van der Waals surface area contributed by atoms with E-state index in [9.17, 15) is 0 Å². The number of pyridine rings is 1. The summed E-state index contributed by atoms with van der Waals surface area (Å²) in [6.45, 7) is 0. The smallest absolute Gasteiger partial charge is 0.205 e. The fourth-order valence-electron chi connectivity index (χ4n) is 3.10. The molecule has 0 unspecified atom stereocenters. The van der Waals surface area contributed by atoms with Crippen molar-refractivity contribution in [2.45, 2.75) is 0 Å². The third-order valence-corrected chi connectivity index (χ3v) is 5.05. The molecule has 1 N–H and O–H groups in total. The highest BCUT2D eigenvalue weighted by Crippen LogP contribution is 2.33. The molecule has 0 atom stereocenters. The molecule has 27 heavy (non-hydrogen) atoms. The van der Waals surface area contributed by atoms with Crippen molar-refractivity contribution < 1.29 is 4.42 Å². The maximum absolute atomic E-state index is 6.14. The SMILES string of the molecule is Clc1ccc(Nc2nc3ccccc3c3c2ncn3-c2ccco2)cc1Cl. The van der Waals surface area contributed by atoms with Crippen LogP contribution in [0.1, 0.15) is 0 Å². The molecule has 7 heteroatoms. The van der Waals surface area contributed by atoms with Crippen molar-refractivity contribution in [3.05, 3.63) is 77.2 Å². The maximum Gasteiger partial charge on any atom is 0.205 e. The molecular formula is C20H12Cl2N4O. The van der Waals surface area contributed by atoms with Gasteiger partial charge in [0.2, 0.25) is 5.88 Å². The Morgan fingerprint density at radius 3 is 2.67 bits per heavy atom. The minimum absolute atomic E-state index is 0.472. The fraction of sp³-hybridized carbons (Fsp3) is 0. The summed E-state index contributed by atoms with van der Waals surface area (Å²) in [4.78, 5) is 9.33. The fourth-order valence-corrected chi connectivity index (χ4v) is 3.39. The van der Waals surface area contributed by atoms with Crippen molar-refractivity contribution >= 4 is 56.6 Å². The van der Waals surface area contributed by atoms with Gasteiger partial charge >= 0.3 is 0 Å². The standard InChI is InChI=1S/C20H12Cl2N4O/c21-14-8-7-12(10-15(14)22)24-20-18-19(13-4-1-2-5-16(13)25-20)26(11-23-18)17-6-3-9-27-17/h1-11H,(H,24,25). The summed E-state index contributed by atoms with van der Waals surface area (Å²) in [7, 11) is 0. The van der Waals surface area contributed by atoms with E-state index in [1.807, 2.05) is 47.0 Å². The number of furan rings is 1. The first-order chi connectivity index (χ1) is 13.2. The van der Waals surface area contributed by atoms with Gasteiger partial charge in [0.25, 0.3) is 0 Å². The molecule has 0 aliphatic carbocycles. The Morgan fingerprint density at radius 2 is 1.85 bits per heavy atom. The van der Waals surface area contributed by atoms with Crippen LogP contribution in [0.5, 0.6) is 0 Å². The lowest BCUT2D eigenvalue weighted by Crippen LogP contribution is -1.97. The van der Waals surface area contributed by atoms with Crippen LogP contribution in [0.2, 0.25) is 10.0 Å². The molecule has 3 aromatic heterocycles. The van der Waals surface area contributed by atoms with E-state index in [1.165, 1.54) is 0 Å². The van der Waals surface area contributed by atoms with E-state index >= 15 is 0 Å². The molecular weight excluding hydrogens is 383 g/mol. The highest BCUT2D eigenvalue weighted by atomic mass is 35.5. The number of imidazole rings is 1. The first kappa shape index (κ1) is 16.2. The zero-order valence-electron chi connectivity index (χ0n) is 13.9. The van der Waals surface area contributed by atoms with Gasteiger partial charge in [0.05, 0.1) is 27.3 Å². The number of para-hydroxylation sites is 1. The van der Waals surface area contributed by atoms with Crippen molar-refractivity contribution in [1.82, 2.24) is 14.5 Å². The van der Waals surface area contributed by atoms with Crippen molar-refractivity contribution in [2.24, 2.45) is 0 Å². The summed E-state index contributed by atoms with van der Waals surface area (Å²) in [5, 5.41) is 5.27. The number of halogens is 2. The van der Waals surface area contributed by atoms with Gasteiger partial charge < -0.3 is 9.73 Å². The van der Waals surface area contributed by atoms with Crippen molar-refractivity contribution in [3.63, 3.8) is 0 Å². The Bertz CT molecular complexity index is 1280. The van der Waals surface area contributed by atoms with Crippen LogP contribution >= 0.6 is 23.2 Å². The zero-order valence-corrected chi connectivity index (χ0v) is 15.4. The second-order valence-corrected chi connectivity index (χ2v) is 6.81. The Morgan fingerprint density at radius 1 is 0.963 bits per heavy atom. The van der Waals surface area contributed by atoms with E-state index < -0.39 is 0 Å². The highest BCUT2D eigenvalue weighted by molar-refractivity contribution is 6.42. The number of aromatic nitrogens is 3. The van der Waals surface area contributed by atoms with Crippen molar-refractivity contribution in [2.75, 3.05) is 5.32 Å². The molecule has 0 saturated heterocycles. The summed E-state index contributed by atoms with van der Waals surface area (Å²) in [6.07, 6.45) is 3.37. The van der Waals surface area contributed by atoms with Gasteiger partial charge in [-0.2, -0.15) is 0 Å². The third kappa shape index (κ3) is 2.72. The molecule has 0 aliphatic rings. The van der Waals surface area contributed by atoms with Crippen LogP contribution in [0.25, 0.3) is 27.8 Å². The first-order valence-electron chi connectivity index (χ1n) is 8.22. The van der Waals surface area contributed by atoms with Crippen LogP contribution in [-0.2, 0) is 0 Å². The zero-order chi connectivity index (χ0) is 18.4. The lowest BCUT2D eigenvalue weighted by Gasteiger charge is -2.10. The normalized spacial score (nSPS) is 11.3. The molecule has 0 spiro atoms. The Hall–Kier alpha value is -3.02. The molecule has 0 bridgehead atoms. The van der Waals surface area contributed by atoms with Crippen LogP contribution < -0.4 is 5.32 Å². The predicted molar refractivity (Wildman–Crippen MR) is 108 cm³/mol. The van der Waals surface area contributed by atoms with Crippen LogP contribution in [0, 0.1) is 0 Å². The summed E-state index contributed by atoms with van der Waals surface area (Å²) in [5.74, 6) is 1.32. The second kappa shape index (κ2) is 6.30. The molecule has 3 heterocycles. The Kier molecular flexibility index (Phi) is 3.77. The van der Waals surface area contributed by atoms with Crippen LogP contribution in [0.3, 0.4) is 0 Å². The quantitative estimate of drug-likeness (QED) is 0.394. The van der Waals surface area contributed by atoms with E-state index in [-0.39, 0.29) is 0 Å². The van der Waals surface area contributed by atoms with Gasteiger partial charge in [0.1, 0.15) is 11.8 Å². The Balaban J connectivity index is 1.75. The molecule has 5 nitrogen and oxygen atoms in total. The Labute approximate surface area is 164 Å². The number of hydrogen-bond acceptors (Lipinski definition) is 4. The topological polar surface area (TPSA) is 55.9 Å². The highest BCUT2D eigenvalue weighted by Gasteiger charge is 2.16. The molecule has 5 aromatic rings. The summed E-state index contributed by atoms with van der Waals surface area (Å²) in [6, 6.07) is 17.0. The third-order valence-electron chi connectivity index (χ3n) is 4.31. The molecule has 5 rings (SSSR count). The van der Waals surface area contributed by atoms with Crippen LogP contribution in [-0.4, -0.2) is 14.5 Å². The molecule has 0 radical (unpaired) electrons. The number of hydrogen-bond donors (Lipinski definition) is 1.